The topological polar surface area (TPSA) is 73.0 Å². The molecule has 1 aromatic rings. The van der Waals surface area contributed by atoms with Crippen molar-refractivity contribution in [3.8, 4) is 0 Å². The van der Waals surface area contributed by atoms with Gasteiger partial charge in [-0.3, -0.25) is 9.59 Å². The number of likely N-dealkylation sites (N-methyl/N-ethyl adjacent to an activating group) is 1. The summed E-state index contributed by atoms with van der Waals surface area (Å²) in [6.07, 6.45) is 1.64. The van der Waals surface area contributed by atoms with E-state index >= 15 is 0 Å². The average Bonchev–Trinajstić information content (AvgIpc) is 3.02. The smallest absolute Gasteiger partial charge is 0.320 e. The Labute approximate surface area is 153 Å². The lowest BCUT2D eigenvalue weighted by Gasteiger charge is -2.36. The van der Waals surface area contributed by atoms with E-state index in [0.29, 0.717) is 24.3 Å². The van der Waals surface area contributed by atoms with Gasteiger partial charge in [0.05, 0.1) is 0 Å². The predicted molar refractivity (Wildman–Crippen MR) is 99.0 cm³/mol. The summed E-state index contributed by atoms with van der Waals surface area (Å²) in [6, 6.07) is 7.31. The van der Waals surface area contributed by atoms with E-state index in [1.807, 2.05) is 21.6 Å². The molecule has 2 aliphatic heterocycles. The molecule has 0 radical (unpaired) electrons. The van der Waals surface area contributed by atoms with Crippen LogP contribution in [0.2, 0.25) is 0 Å². The number of hydrogen-bond acceptors (Lipinski definition) is 3. The molecule has 0 aliphatic carbocycles. The number of carbonyl (C=O) groups excluding carboxylic acids is 3. The van der Waals surface area contributed by atoms with Gasteiger partial charge in [-0.05, 0) is 44.0 Å². The molecule has 7 heteroatoms. The number of carbonyl (C=O) groups is 3. The molecule has 0 atom stereocenters. The van der Waals surface area contributed by atoms with Gasteiger partial charge in [-0.2, -0.15) is 0 Å². The second-order valence-electron chi connectivity index (χ2n) is 6.84. The van der Waals surface area contributed by atoms with E-state index in [9.17, 15) is 14.4 Å². The quantitative estimate of drug-likeness (QED) is 0.895. The Hall–Kier alpha value is -2.57. The van der Waals surface area contributed by atoms with Crippen molar-refractivity contribution in [2.75, 3.05) is 38.0 Å². The van der Waals surface area contributed by atoms with Gasteiger partial charge in [0.2, 0.25) is 5.91 Å². The highest BCUT2D eigenvalue weighted by Gasteiger charge is 2.35. The van der Waals surface area contributed by atoms with Gasteiger partial charge in [0.15, 0.2) is 0 Å². The molecule has 2 heterocycles. The molecule has 0 spiro atoms. The Kier molecular flexibility index (Phi) is 5.44. The second-order valence-corrected chi connectivity index (χ2v) is 6.84. The van der Waals surface area contributed by atoms with Crippen molar-refractivity contribution in [2.45, 2.75) is 32.7 Å². The van der Waals surface area contributed by atoms with Crippen LogP contribution in [0, 0.1) is 0 Å². The van der Waals surface area contributed by atoms with E-state index < -0.39 is 0 Å². The zero-order chi connectivity index (χ0) is 18.7. The van der Waals surface area contributed by atoms with Crippen molar-refractivity contribution < 1.29 is 14.4 Å². The third-order valence-corrected chi connectivity index (χ3v) is 5.15. The summed E-state index contributed by atoms with van der Waals surface area (Å²) in [5, 5.41) is 2.69. The zero-order valence-corrected chi connectivity index (χ0v) is 15.4. The number of rotatable bonds is 4. The van der Waals surface area contributed by atoms with Crippen molar-refractivity contribution >= 4 is 23.5 Å². The number of amides is 4. The molecule has 1 N–H and O–H groups in total. The molecule has 140 valence electrons. The van der Waals surface area contributed by atoms with Crippen molar-refractivity contribution in [1.29, 1.82) is 0 Å². The molecule has 2 aliphatic rings. The molecule has 0 aromatic heterocycles. The van der Waals surface area contributed by atoms with Gasteiger partial charge in [0.1, 0.15) is 0 Å². The molecule has 0 unspecified atom stereocenters. The molecule has 2 saturated heterocycles. The first kappa shape index (κ1) is 18.2. The van der Waals surface area contributed by atoms with Gasteiger partial charge in [-0.15, -0.1) is 0 Å². The lowest BCUT2D eigenvalue weighted by atomic mass is 10.0. The number of likely N-dealkylation sites (tertiary alicyclic amines) is 1. The third-order valence-electron chi connectivity index (χ3n) is 5.15. The fourth-order valence-corrected chi connectivity index (χ4v) is 3.70. The van der Waals surface area contributed by atoms with Gasteiger partial charge in [0.25, 0.3) is 5.91 Å². The molecular formula is C19H26N4O3. The zero-order valence-electron chi connectivity index (χ0n) is 15.4. The van der Waals surface area contributed by atoms with Gasteiger partial charge in [-0.1, -0.05) is 0 Å². The van der Waals surface area contributed by atoms with Crippen LogP contribution in [0.1, 0.15) is 37.0 Å². The summed E-state index contributed by atoms with van der Waals surface area (Å²) in [6.45, 7) is 7.11. The summed E-state index contributed by atoms with van der Waals surface area (Å²) in [5.41, 5.74) is 1.30. The number of nitrogens with zero attached hydrogens (tertiary/aromatic N) is 3. The van der Waals surface area contributed by atoms with Crippen LogP contribution >= 0.6 is 0 Å². The van der Waals surface area contributed by atoms with E-state index in [1.54, 1.807) is 24.3 Å². The molecule has 4 amide bonds. The van der Waals surface area contributed by atoms with E-state index in [-0.39, 0.29) is 23.9 Å². The maximum absolute atomic E-state index is 12.7. The number of urea groups is 1. The van der Waals surface area contributed by atoms with Crippen LogP contribution in [-0.4, -0.2) is 71.3 Å². The van der Waals surface area contributed by atoms with Crippen molar-refractivity contribution in [1.82, 2.24) is 14.7 Å². The van der Waals surface area contributed by atoms with Gasteiger partial charge in [0, 0.05) is 56.9 Å². The number of anilines is 1. The first-order valence-corrected chi connectivity index (χ1v) is 9.22. The van der Waals surface area contributed by atoms with Crippen LogP contribution in [-0.2, 0) is 4.79 Å². The standard InChI is InChI=1S/C19H26N4O3/c1-3-21-12-13-23(19(21)26)17-8-10-22(11-9-17)18(25)15-4-6-16(7-5-15)20-14(2)24/h4-7,17H,3,8-13H2,1-2H3,(H,20,24). The maximum Gasteiger partial charge on any atom is 0.320 e. The maximum atomic E-state index is 12.7. The summed E-state index contributed by atoms with van der Waals surface area (Å²) in [7, 11) is 0. The molecular weight excluding hydrogens is 332 g/mol. The highest BCUT2D eigenvalue weighted by molar-refractivity contribution is 5.95. The Morgan fingerprint density at radius 3 is 2.27 bits per heavy atom. The van der Waals surface area contributed by atoms with Gasteiger partial charge in [-0.25, -0.2) is 4.79 Å². The molecule has 0 bridgehead atoms. The van der Waals surface area contributed by atoms with Crippen LogP contribution in [0.3, 0.4) is 0 Å². The minimum absolute atomic E-state index is 0.000702. The first-order chi connectivity index (χ1) is 12.5. The fourth-order valence-electron chi connectivity index (χ4n) is 3.70. The normalized spacial score (nSPS) is 18.4. The fraction of sp³-hybridized carbons (Fsp3) is 0.526. The van der Waals surface area contributed by atoms with Crippen LogP contribution in [0.15, 0.2) is 24.3 Å². The summed E-state index contributed by atoms with van der Waals surface area (Å²) < 4.78 is 0. The highest BCUT2D eigenvalue weighted by Crippen LogP contribution is 2.22. The van der Waals surface area contributed by atoms with Gasteiger partial charge < -0.3 is 20.0 Å². The largest absolute Gasteiger partial charge is 0.338 e. The minimum atomic E-state index is -0.135. The number of piperidine rings is 1. The van der Waals surface area contributed by atoms with Crippen molar-refractivity contribution in [3.63, 3.8) is 0 Å². The van der Waals surface area contributed by atoms with E-state index in [1.165, 1.54) is 6.92 Å². The van der Waals surface area contributed by atoms with E-state index in [4.69, 9.17) is 0 Å². The van der Waals surface area contributed by atoms with Crippen LogP contribution in [0.4, 0.5) is 10.5 Å². The molecule has 3 rings (SSSR count). The van der Waals surface area contributed by atoms with Crippen LogP contribution in [0.5, 0.6) is 0 Å². The lowest BCUT2D eigenvalue weighted by molar-refractivity contribution is -0.114. The summed E-state index contributed by atoms with van der Waals surface area (Å²) in [4.78, 5) is 41.7. The van der Waals surface area contributed by atoms with E-state index in [2.05, 4.69) is 5.32 Å². The van der Waals surface area contributed by atoms with Crippen LogP contribution in [0.25, 0.3) is 0 Å². The lowest BCUT2D eigenvalue weighted by Crippen LogP contribution is -2.48. The minimum Gasteiger partial charge on any atom is -0.338 e. The third kappa shape index (κ3) is 3.81. The molecule has 0 saturated carbocycles. The summed E-state index contributed by atoms with van der Waals surface area (Å²) >= 11 is 0. The SMILES string of the molecule is CCN1CCN(C2CCN(C(=O)c3ccc(NC(C)=O)cc3)CC2)C1=O. The van der Waals surface area contributed by atoms with Gasteiger partial charge >= 0.3 is 6.03 Å². The Balaban J connectivity index is 1.55. The van der Waals surface area contributed by atoms with Crippen LogP contribution < -0.4 is 5.32 Å². The predicted octanol–water partition coefficient (Wildman–Crippen LogP) is 2.01. The first-order valence-electron chi connectivity index (χ1n) is 9.22. The Bertz CT molecular complexity index is 681. The summed E-state index contributed by atoms with van der Waals surface area (Å²) in [5.74, 6) is -0.134. The Morgan fingerprint density at radius 1 is 1.08 bits per heavy atom. The second kappa shape index (κ2) is 7.76. The molecule has 1 aromatic carbocycles. The number of nitrogens with one attached hydrogen (secondary N) is 1. The molecule has 2 fully saturated rings. The van der Waals surface area contributed by atoms with Crippen molar-refractivity contribution in [3.05, 3.63) is 29.8 Å². The monoisotopic (exact) mass is 358 g/mol. The Morgan fingerprint density at radius 2 is 1.73 bits per heavy atom. The molecule has 26 heavy (non-hydrogen) atoms. The average molecular weight is 358 g/mol. The molecule has 7 nitrogen and oxygen atoms in total. The van der Waals surface area contributed by atoms with Crippen molar-refractivity contribution in [2.24, 2.45) is 0 Å². The van der Waals surface area contributed by atoms with E-state index in [0.717, 1.165) is 32.5 Å². The number of hydrogen-bond donors (Lipinski definition) is 1. The number of benzene rings is 1. The highest BCUT2D eigenvalue weighted by atomic mass is 16.2.